The molecule has 1 saturated heterocycles. The van der Waals surface area contributed by atoms with E-state index in [1.54, 1.807) is 0 Å². The summed E-state index contributed by atoms with van der Waals surface area (Å²) in [5.74, 6) is -1.14. The zero-order chi connectivity index (χ0) is 23.3. The second-order valence-electron chi connectivity index (χ2n) is 7.87. The number of hydrogen-bond acceptors (Lipinski definition) is 5. The molecule has 1 aromatic rings. The summed E-state index contributed by atoms with van der Waals surface area (Å²) in [5, 5.41) is 8.54. The van der Waals surface area contributed by atoms with Gasteiger partial charge < -0.3 is 20.7 Å². The van der Waals surface area contributed by atoms with E-state index in [2.05, 4.69) is 20.7 Å². The molecule has 12 heteroatoms. The van der Waals surface area contributed by atoms with Gasteiger partial charge in [0.1, 0.15) is 11.6 Å². The third kappa shape index (κ3) is 7.49. The van der Waals surface area contributed by atoms with Crippen LogP contribution in [0.25, 0.3) is 0 Å². The number of nitrogens with one attached hydrogen (secondary N) is 3. The second kappa shape index (κ2) is 10.7. The van der Waals surface area contributed by atoms with Gasteiger partial charge >= 0.3 is 6.36 Å². The van der Waals surface area contributed by atoms with Gasteiger partial charge in [-0.1, -0.05) is 11.6 Å². The van der Waals surface area contributed by atoms with Crippen molar-refractivity contribution >= 4 is 23.4 Å². The van der Waals surface area contributed by atoms with E-state index >= 15 is 0 Å². The Bertz CT molecular complexity index is 819. The molecule has 3 N–H and O–H groups in total. The predicted octanol–water partition coefficient (Wildman–Crippen LogP) is 2.67. The van der Waals surface area contributed by atoms with E-state index < -0.39 is 30.2 Å². The summed E-state index contributed by atoms with van der Waals surface area (Å²) in [6, 6.07) is 2.81. The van der Waals surface area contributed by atoms with Crippen LogP contribution in [0.5, 0.6) is 5.75 Å². The largest absolute Gasteiger partial charge is 0.522 e. The maximum absolute atomic E-state index is 13.4. The topological polar surface area (TPSA) is 88.7 Å². The van der Waals surface area contributed by atoms with E-state index in [-0.39, 0.29) is 48.2 Å². The zero-order valence-electron chi connectivity index (χ0n) is 17.0. The van der Waals surface area contributed by atoms with Crippen molar-refractivity contribution < 1.29 is 36.6 Å². The number of rotatable bonds is 7. The van der Waals surface area contributed by atoms with Crippen molar-refractivity contribution in [2.75, 3.05) is 13.2 Å². The molecule has 2 aliphatic rings. The Morgan fingerprint density at radius 2 is 1.88 bits per heavy atom. The summed E-state index contributed by atoms with van der Waals surface area (Å²) < 4.78 is 59.6. The number of alkyl halides is 3. The molecule has 1 aliphatic carbocycles. The highest BCUT2D eigenvalue weighted by Gasteiger charge is 2.38. The van der Waals surface area contributed by atoms with E-state index in [0.29, 0.717) is 25.8 Å². The Morgan fingerprint density at radius 1 is 1.12 bits per heavy atom. The number of halogens is 5. The van der Waals surface area contributed by atoms with Crippen LogP contribution < -0.4 is 20.7 Å². The molecule has 0 spiro atoms. The molecule has 1 aliphatic heterocycles. The van der Waals surface area contributed by atoms with Gasteiger partial charge in [0.15, 0.2) is 6.61 Å². The third-order valence-corrected chi connectivity index (χ3v) is 5.69. The molecule has 0 unspecified atom stereocenters. The van der Waals surface area contributed by atoms with Crippen LogP contribution in [0.15, 0.2) is 18.2 Å². The lowest BCUT2D eigenvalue weighted by Crippen LogP contribution is -2.55. The van der Waals surface area contributed by atoms with Crippen LogP contribution >= 0.6 is 11.6 Å². The lowest BCUT2D eigenvalue weighted by atomic mass is 9.99. The summed E-state index contributed by atoms with van der Waals surface area (Å²) in [4.78, 5) is 24.5. The van der Waals surface area contributed by atoms with E-state index in [9.17, 15) is 27.2 Å². The van der Waals surface area contributed by atoms with Crippen molar-refractivity contribution in [3.8, 4) is 5.75 Å². The molecule has 0 aromatic heterocycles. The Labute approximate surface area is 187 Å². The summed E-state index contributed by atoms with van der Waals surface area (Å²) in [5.41, 5.74) is 0. The number of ether oxygens (including phenoxy) is 2. The lowest BCUT2D eigenvalue weighted by molar-refractivity contribution is -0.341. The van der Waals surface area contributed by atoms with Crippen LogP contribution in [0, 0.1) is 5.82 Å². The van der Waals surface area contributed by atoms with Gasteiger partial charge in [0.2, 0.25) is 5.91 Å². The molecule has 1 aromatic carbocycles. The van der Waals surface area contributed by atoms with Gasteiger partial charge in [0.05, 0.1) is 17.2 Å². The van der Waals surface area contributed by atoms with E-state index in [1.165, 1.54) is 12.1 Å². The van der Waals surface area contributed by atoms with Crippen LogP contribution in [0.3, 0.4) is 0 Å². The van der Waals surface area contributed by atoms with Crippen LogP contribution in [0.2, 0.25) is 5.02 Å². The highest BCUT2D eigenvalue weighted by atomic mass is 35.5. The van der Waals surface area contributed by atoms with E-state index in [4.69, 9.17) is 16.3 Å². The van der Waals surface area contributed by atoms with Crippen molar-refractivity contribution in [2.45, 2.75) is 62.7 Å². The van der Waals surface area contributed by atoms with E-state index in [0.717, 1.165) is 6.07 Å². The normalized spacial score (nSPS) is 25.9. The monoisotopic (exact) mass is 481 g/mol. The maximum Gasteiger partial charge on any atom is 0.522 e. The number of benzene rings is 1. The van der Waals surface area contributed by atoms with Crippen LogP contribution in [0.1, 0.15) is 32.1 Å². The zero-order valence-corrected chi connectivity index (χ0v) is 17.8. The molecule has 1 saturated carbocycles. The molecule has 0 bridgehead atoms. The minimum atomic E-state index is -4.68. The van der Waals surface area contributed by atoms with Crippen molar-refractivity contribution in [3.63, 3.8) is 0 Å². The molecular formula is C20H24ClF4N3O4. The van der Waals surface area contributed by atoms with Gasteiger partial charge in [-0.25, -0.2) is 4.39 Å². The van der Waals surface area contributed by atoms with Crippen molar-refractivity contribution in [2.24, 2.45) is 0 Å². The number of hydrogen-bond donors (Lipinski definition) is 3. The highest BCUT2D eigenvalue weighted by Crippen LogP contribution is 2.29. The highest BCUT2D eigenvalue weighted by molar-refractivity contribution is 6.30. The molecule has 2 fully saturated rings. The standard InChI is InChI=1S/C20H24ClF4N3O4/c21-15-5-4-13(8-16(15)22)31-10-18(29)27-12-2-6-17(26-9-12)19(30)28-11-1-3-14(7-11)32-20(23,24)25/h4-5,8,11-12,14,17,26H,1-3,6-7,9-10H2,(H,27,29)(H,28,30)/t11-,12+,14+,17-/m1/s1. The lowest BCUT2D eigenvalue weighted by Gasteiger charge is -2.30. The maximum atomic E-state index is 13.4. The van der Waals surface area contributed by atoms with Gasteiger partial charge in [-0.2, -0.15) is 0 Å². The van der Waals surface area contributed by atoms with Crippen molar-refractivity contribution in [3.05, 3.63) is 29.0 Å². The Hall–Kier alpha value is -2.11. The first-order valence-corrected chi connectivity index (χ1v) is 10.6. The van der Waals surface area contributed by atoms with Gasteiger partial charge in [-0.15, -0.1) is 13.2 Å². The Balaban J connectivity index is 1.34. The minimum absolute atomic E-state index is 0.0453. The fraction of sp³-hybridized carbons (Fsp3) is 0.600. The van der Waals surface area contributed by atoms with Gasteiger partial charge in [-0.3, -0.25) is 14.3 Å². The smallest absolute Gasteiger partial charge is 0.484 e. The van der Waals surface area contributed by atoms with E-state index in [1.807, 2.05) is 0 Å². The van der Waals surface area contributed by atoms with Crippen LogP contribution in [-0.4, -0.2) is 55.6 Å². The quantitative estimate of drug-likeness (QED) is 0.521. The number of amides is 2. The Morgan fingerprint density at radius 3 is 2.53 bits per heavy atom. The van der Waals surface area contributed by atoms with Gasteiger partial charge in [0, 0.05) is 24.7 Å². The Kier molecular flexibility index (Phi) is 8.18. The van der Waals surface area contributed by atoms with Gasteiger partial charge in [0.25, 0.3) is 5.91 Å². The summed E-state index contributed by atoms with van der Waals surface area (Å²) in [7, 11) is 0. The predicted molar refractivity (Wildman–Crippen MR) is 107 cm³/mol. The molecule has 3 rings (SSSR count). The molecule has 32 heavy (non-hydrogen) atoms. The first-order chi connectivity index (χ1) is 15.1. The minimum Gasteiger partial charge on any atom is -0.484 e. The van der Waals surface area contributed by atoms with Crippen LogP contribution in [-0.2, 0) is 14.3 Å². The molecule has 1 heterocycles. The molecule has 7 nitrogen and oxygen atoms in total. The van der Waals surface area contributed by atoms with Gasteiger partial charge in [-0.05, 0) is 44.2 Å². The second-order valence-corrected chi connectivity index (χ2v) is 8.28. The SMILES string of the molecule is O=C(COc1ccc(Cl)c(F)c1)N[C@H]1CC[C@H](C(=O)N[C@@H]2CC[C@H](OC(F)(F)F)C2)NC1. The average molecular weight is 482 g/mol. The molecule has 4 atom stereocenters. The first kappa shape index (κ1) is 24.5. The fourth-order valence-corrected chi connectivity index (χ4v) is 3.97. The third-order valence-electron chi connectivity index (χ3n) is 5.39. The molecule has 178 valence electrons. The summed E-state index contributed by atoms with van der Waals surface area (Å²) >= 11 is 5.59. The van der Waals surface area contributed by atoms with Crippen molar-refractivity contribution in [1.29, 1.82) is 0 Å². The number of carbonyl (C=O) groups excluding carboxylic acids is 2. The fourth-order valence-electron chi connectivity index (χ4n) is 3.86. The molecule has 0 radical (unpaired) electrons. The number of carbonyl (C=O) groups is 2. The molecular weight excluding hydrogens is 458 g/mol. The molecule has 2 amide bonds. The van der Waals surface area contributed by atoms with Crippen LogP contribution in [0.4, 0.5) is 17.6 Å². The first-order valence-electron chi connectivity index (χ1n) is 10.2. The van der Waals surface area contributed by atoms with Crippen molar-refractivity contribution in [1.82, 2.24) is 16.0 Å². The summed E-state index contributed by atoms with van der Waals surface area (Å²) in [6.07, 6.45) is -3.84. The average Bonchev–Trinajstić information content (AvgIpc) is 3.14. The number of piperidine rings is 1. The summed E-state index contributed by atoms with van der Waals surface area (Å²) in [6.45, 7) is 0.0498.